The molecule has 9 heteroatoms. The van der Waals surface area contributed by atoms with E-state index in [2.05, 4.69) is 14.5 Å². The first-order chi connectivity index (χ1) is 9.26. The van der Waals surface area contributed by atoms with E-state index >= 15 is 0 Å². The maximum Gasteiger partial charge on any atom is 0.574 e. The lowest BCUT2D eigenvalue weighted by Crippen LogP contribution is -2.21. The minimum atomic E-state index is -5.14. The van der Waals surface area contributed by atoms with Gasteiger partial charge in [0, 0.05) is 5.56 Å². The molecule has 0 aliphatic carbocycles. The van der Waals surface area contributed by atoms with Crippen LogP contribution < -0.4 is 4.74 Å². The molecular formula is C11H10F5NO3. The highest BCUT2D eigenvalue weighted by Gasteiger charge is 2.34. The Kier molecular flexibility index (Phi) is 5.23. The summed E-state index contributed by atoms with van der Waals surface area (Å²) in [7, 11) is 0. The molecular weight excluding hydrogens is 289 g/mol. The number of aromatic nitrogens is 1. The van der Waals surface area contributed by atoms with Crippen molar-refractivity contribution in [3.05, 3.63) is 23.1 Å². The normalized spacial score (nSPS) is 11.3. The lowest BCUT2D eigenvalue weighted by molar-refractivity contribution is -0.276. The van der Waals surface area contributed by atoms with Crippen molar-refractivity contribution in [1.29, 1.82) is 0 Å². The smallest absolute Gasteiger partial charge is 0.466 e. The highest BCUT2D eigenvalue weighted by Crippen LogP contribution is 2.28. The van der Waals surface area contributed by atoms with Crippen molar-refractivity contribution in [2.45, 2.75) is 26.4 Å². The molecule has 112 valence electrons. The number of carbonyl (C=O) groups is 1. The summed E-state index contributed by atoms with van der Waals surface area (Å²) in [5.41, 5.74) is -0.950. The maximum atomic E-state index is 13.0. The van der Waals surface area contributed by atoms with Gasteiger partial charge >= 0.3 is 12.3 Å². The lowest BCUT2D eigenvalue weighted by Gasteiger charge is -2.14. The summed E-state index contributed by atoms with van der Waals surface area (Å²) in [6.45, 7) is 0.209. The van der Waals surface area contributed by atoms with Crippen molar-refractivity contribution in [2.24, 2.45) is 0 Å². The van der Waals surface area contributed by atoms with Crippen LogP contribution in [0.5, 0.6) is 5.88 Å². The molecule has 0 spiro atoms. The second-order valence-corrected chi connectivity index (χ2v) is 3.55. The number of carbonyl (C=O) groups excluding carboxylic acids is 1. The van der Waals surface area contributed by atoms with Gasteiger partial charge < -0.3 is 9.47 Å². The Morgan fingerprint density at radius 3 is 2.55 bits per heavy atom. The summed E-state index contributed by atoms with van der Waals surface area (Å²) in [4.78, 5) is 14.2. The molecule has 1 aromatic rings. The molecule has 0 bridgehead atoms. The van der Waals surface area contributed by atoms with Crippen molar-refractivity contribution < 1.29 is 36.2 Å². The van der Waals surface area contributed by atoms with Gasteiger partial charge in [0.15, 0.2) is 0 Å². The zero-order valence-electron chi connectivity index (χ0n) is 10.3. The molecule has 0 aromatic carbocycles. The van der Waals surface area contributed by atoms with Crippen molar-refractivity contribution in [1.82, 2.24) is 4.98 Å². The van der Waals surface area contributed by atoms with E-state index in [1.54, 1.807) is 0 Å². The lowest BCUT2D eigenvalue weighted by atomic mass is 10.1. The molecule has 0 aliphatic heterocycles. The van der Waals surface area contributed by atoms with Crippen LogP contribution in [-0.2, 0) is 22.6 Å². The van der Waals surface area contributed by atoms with E-state index in [1.807, 2.05) is 0 Å². The van der Waals surface area contributed by atoms with Crippen LogP contribution in [0.4, 0.5) is 22.0 Å². The zero-order valence-corrected chi connectivity index (χ0v) is 10.3. The van der Waals surface area contributed by atoms with E-state index in [4.69, 9.17) is 0 Å². The average Bonchev–Trinajstić information content (AvgIpc) is 2.30. The van der Waals surface area contributed by atoms with E-state index in [0.717, 1.165) is 0 Å². The Hall–Kier alpha value is -1.93. The fraction of sp³-hybridized carbons (Fsp3) is 0.455. The van der Waals surface area contributed by atoms with Gasteiger partial charge in [-0.2, -0.15) is 9.37 Å². The molecule has 0 aliphatic rings. The average molecular weight is 299 g/mol. The summed E-state index contributed by atoms with van der Waals surface area (Å²) in [6, 6.07) is 0.595. The van der Waals surface area contributed by atoms with Crippen LogP contribution in [-0.4, -0.2) is 23.9 Å². The molecule has 0 N–H and O–H groups in total. The minimum absolute atomic E-state index is 0.00608. The standard InChI is InChI=1S/C11H10F5NO3/c1-2-19-9(18)4-7-6(5-12)3-8(13)17-10(7)20-11(14,15)16/h3H,2,4-5H2,1H3. The van der Waals surface area contributed by atoms with Gasteiger partial charge in [0.05, 0.1) is 13.0 Å². The monoisotopic (exact) mass is 299 g/mol. The third-order valence-corrected chi connectivity index (χ3v) is 2.13. The predicted octanol–water partition coefficient (Wildman–Crippen LogP) is 2.69. The Balaban J connectivity index is 3.18. The summed E-state index contributed by atoms with van der Waals surface area (Å²) >= 11 is 0. The summed E-state index contributed by atoms with van der Waals surface area (Å²) in [6.07, 6.45) is -5.84. The number of halogens is 5. The molecule has 0 saturated carbocycles. The highest BCUT2D eigenvalue weighted by molar-refractivity contribution is 5.73. The van der Waals surface area contributed by atoms with Gasteiger partial charge in [-0.25, -0.2) is 4.39 Å². The molecule has 0 fully saturated rings. The molecule has 0 unspecified atom stereocenters. The van der Waals surface area contributed by atoms with E-state index in [1.165, 1.54) is 6.92 Å². The first-order valence-electron chi connectivity index (χ1n) is 5.42. The number of pyridine rings is 1. The third kappa shape index (κ3) is 4.63. The van der Waals surface area contributed by atoms with Crippen molar-refractivity contribution in [2.75, 3.05) is 6.61 Å². The Labute approximate surface area is 110 Å². The summed E-state index contributed by atoms with van der Waals surface area (Å²) in [5, 5.41) is 0. The molecule has 0 atom stereocenters. The van der Waals surface area contributed by atoms with Gasteiger partial charge in [0.25, 0.3) is 0 Å². The fourth-order valence-electron chi connectivity index (χ4n) is 1.42. The third-order valence-electron chi connectivity index (χ3n) is 2.13. The maximum absolute atomic E-state index is 13.0. The van der Waals surface area contributed by atoms with Crippen LogP contribution >= 0.6 is 0 Å². The SMILES string of the molecule is CCOC(=O)Cc1c(CF)cc(F)nc1OC(F)(F)F. The van der Waals surface area contributed by atoms with Gasteiger partial charge in [0.2, 0.25) is 11.8 Å². The molecule has 0 radical (unpaired) electrons. The van der Waals surface area contributed by atoms with Crippen molar-refractivity contribution in [3.63, 3.8) is 0 Å². The predicted molar refractivity (Wildman–Crippen MR) is 56.0 cm³/mol. The second-order valence-electron chi connectivity index (χ2n) is 3.55. The van der Waals surface area contributed by atoms with Crippen molar-refractivity contribution >= 4 is 5.97 Å². The quantitative estimate of drug-likeness (QED) is 0.476. The number of nitrogens with zero attached hydrogens (tertiary/aromatic N) is 1. The summed E-state index contributed by atoms with van der Waals surface area (Å²) in [5.74, 6) is -3.44. The number of esters is 1. The Morgan fingerprint density at radius 2 is 2.05 bits per heavy atom. The molecule has 1 heterocycles. The van der Waals surface area contributed by atoms with E-state index in [0.29, 0.717) is 6.07 Å². The number of hydrogen-bond acceptors (Lipinski definition) is 4. The fourth-order valence-corrected chi connectivity index (χ4v) is 1.42. The van der Waals surface area contributed by atoms with E-state index in [9.17, 15) is 26.7 Å². The van der Waals surface area contributed by atoms with E-state index in [-0.39, 0.29) is 6.61 Å². The van der Waals surface area contributed by atoms with Gasteiger partial charge in [-0.15, -0.1) is 13.2 Å². The first-order valence-corrected chi connectivity index (χ1v) is 5.42. The zero-order chi connectivity index (χ0) is 15.3. The summed E-state index contributed by atoms with van der Waals surface area (Å²) < 4.78 is 70.3. The highest BCUT2D eigenvalue weighted by atomic mass is 19.4. The van der Waals surface area contributed by atoms with Gasteiger partial charge in [-0.3, -0.25) is 4.79 Å². The molecule has 1 aromatic heterocycles. The van der Waals surface area contributed by atoms with Gasteiger partial charge in [-0.05, 0) is 18.6 Å². The van der Waals surface area contributed by atoms with Crippen LogP contribution in [0.3, 0.4) is 0 Å². The van der Waals surface area contributed by atoms with E-state index < -0.39 is 48.4 Å². The number of hydrogen-bond donors (Lipinski definition) is 0. The molecule has 1 rings (SSSR count). The molecule has 0 saturated heterocycles. The Bertz CT molecular complexity index is 490. The number of alkyl halides is 4. The van der Waals surface area contributed by atoms with Crippen LogP contribution in [0, 0.1) is 5.95 Å². The second kappa shape index (κ2) is 6.49. The number of ether oxygens (including phenoxy) is 2. The van der Waals surface area contributed by atoms with Gasteiger partial charge in [-0.1, -0.05) is 0 Å². The molecule has 0 amide bonds. The largest absolute Gasteiger partial charge is 0.574 e. The Morgan fingerprint density at radius 1 is 1.40 bits per heavy atom. The van der Waals surface area contributed by atoms with Crippen LogP contribution in [0.2, 0.25) is 0 Å². The molecule has 20 heavy (non-hydrogen) atoms. The van der Waals surface area contributed by atoms with Crippen LogP contribution in [0.1, 0.15) is 18.1 Å². The van der Waals surface area contributed by atoms with Crippen LogP contribution in [0.15, 0.2) is 6.07 Å². The molecule has 4 nitrogen and oxygen atoms in total. The minimum Gasteiger partial charge on any atom is -0.466 e. The number of rotatable bonds is 5. The topological polar surface area (TPSA) is 48.4 Å². The first kappa shape index (κ1) is 16.1. The van der Waals surface area contributed by atoms with Crippen molar-refractivity contribution in [3.8, 4) is 5.88 Å². The van der Waals surface area contributed by atoms with Crippen LogP contribution in [0.25, 0.3) is 0 Å². The van der Waals surface area contributed by atoms with Gasteiger partial charge in [0.1, 0.15) is 6.67 Å².